The number of rotatable bonds is 3. The number of urea groups is 1. The van der Waals surface area contributed by atoms with Crippen molar-refractivity contribution < 1.29 is 13.9 Å². The van der Waals surface area contributed by atoms with Crippen LogP contribution in [0.5, 0.6) is 0 Å². The molecular weight excluding hydrogens is 175 g/mol. The third kappa shape index (κ3) is 4.07. The summed E-state index contributed by atoms with van der Waals surface area (Å²) in [7, 11) is 0. The molecule has 0 unspecified atom stereocenters. The molecule has 0 saturated carbocycles. The SMILES string of the molecule is O=C(NCCF)NC1CCOCC1. The summed E-state index contributed by atoms with van der Waals surface area (Å²) in [6.07, 6.45) is 1.67. The summed E-state index contributed by atoms with van der Waals surface area (Å²) in [6, 6.07) is -0.113. The van der Waals surface area contributed by atoms with Crippen molar-refractivity contribution in [3.05, 3.63) is 0 Å². The maximum absolute atomic E-state index is 11.7. The molecule has 1 fully saturated rings. The Morgan fingerprint density at radius 1 is 1.46 bits per heavy atom. The number of carbonyl (C=O) groups is 1. The van der Waals surface area contributed by atoms with Crippen molar-refractivity contribution in [3.63, 3.8) is 0 Å². The van der Waals surface area contributed by atoms with E-state index in [1.807, 2.05) is 0 Å². The van der Waals surface area contributed by atoms with Crippen molar-refractivity contribution in [3.8, 4) is 0 Å². The predicted octanol–water partition coefficient (Wildman–Crippen LogP) is 0.434. The highest BCUT2D eigenvalue weighted by Gasteiger charge is 2.15. The van der Waals surface area contributed by atoms with Crippen LogP contribution in [0.4, 0.5) is 9.18 Å². The molecule has 0 aromatic heterocycles. The minimum absolute atomic E-state index is 0.0784. The fraction of sp³-hybridized carbons (Fsp3) is 0.875. The van der Waals surface area contributed by atoms with Crippen LogP contribution in [0.1, 0.15) is 12.8 Å². The lowest BCUT2D eigenvalue weighted by Crippen LogP contribution is -2.44. The van der Waals surface area contributed by atoms with Gasteiger partial charge in [-0.2, -0.15) is 0 Å². The van der Waals surface area contributed by atoms with E-state index in [9.17, 15) is 9.18 Å². The fourth-order valence-corrected chi connectivity index (χ4v) is 1.24. The topological polar surface area (TPSA) is 50.4 Å². The highest BCUT2D eigenvalue weighted by molar-refractivity contribution is 5.74. The van der Waals surface area contributed by atoms with E-state index in [2.05, 4.69) is 10.6 Å². The van der Waals surface area contributed by atoms with Crippen LogP contribution in [0.15, 0.2) is 0 Å². The van der Waals surface area contributed by atoms with Gasteiger partial charge in [0.25, 0.3) is 0 Å². The predicted molar refractivity (Wildman–Crippen MR) is 46.4 cm³/mol. The van der Waals surface area contributed by atoms with E-state index >= 15 is 0 Å². The van der Waals surface area contributed by atoms with Gasteiger partial charge in [0.05, 0.1) is 0 Å². The standard InChI is InChI=1S/C8H15FN2O2/c9-3-4-10-8(12)11-7-1-5-13-6-2-7/h7H,1-6H2,(H2,10,11,12). The first kappa shape index (κ1) is 10.2. The minimum Gasteiger partial charge on any atom is -0.381 e. The zero-order valence-electron chi connectivity index (χ0n) is 7.51. The monoisotopic (exact) mass is 190 g/mol. The van der Waals surface area contributed by atoms with Crippen LogP contribution in [0, 0.1) is 0 Å². The molecular formula is C8H15FN2O2. The molecule has 1 rings (SSSR count). The Hall–Kier alpha value is -0.840. The molecule has 13 heavy (non-hydrogen) atoms. The van der Waals surface area contributed by atoms with Crippen molar-refractivity contribution in [2.24, 2.45) is 0 Å². The largest absolute Gasteiger partial charge is 0.381 e. The third-order valence-electron chi connectivity index (χ3n) is 1.94. The zero-order valence-corrected chi connectivity index (χ0v) is 7.51. The van der Waals surface area contributed by atoms with Crippen LogP contribution in [0.3, 0.4) is 0 Å². The first-order valence-corrected chi connectivity index (χ1v) is 4.51. The van der Waals surface area contributed by atoms with E-state index in [1.54, 1.807) is 0 Å². The molecule has 4 nitrogen and oxygen atoms in total. The fourth-order valence-electron chi connectivity index (χ4n) is 1.24. The Morgan fingerprint density at radius 2 is 2.15 bits per heavy atom. The third-order valence-corrected chi connectivity index (χ3v) is 1.94. The molecule has 5 heteroatoms. The zero-order chi connectivity index (χ0) is 9.52. The van der Waals surface area contributed by atoms with E-state index < -0.39 is 6.67 Å². The van der Waals surface area contributed by atoms with Crippen LogP contribution >= 0.6 is 0 Å². The molecule has 1 heterocycles. The van der Waals surface area contributed by atoms with Crippen molar-refractivity contribution >= 4 is 6.03 Å². The van der Waals surface area contributed by atoms with Crippen LogP contribution in [0.25, 0.3) is 0 Å². The average Bonchev–Trinajstić information content (AvgIpc) is 2.16. The first-order chi connectivity index (χ1) is 6.33. The molecule has 76 valence electrons. The maximum Gasteiger partial charge on any atom is 0.315 e. The summed E-state index contributed by atoms with van der Waals surface area (Å²) in [5.41, 5.74) is 0. The lowest BCUT2D eigenvalue weighted by atomic mass is 10.1. The summed E-state index contributed by atoms with van der Waals surface area (Å²) in [5.74, 6) is 0. The number of amides is 2. The average molecular weight is 190 g/mol. The van der Waals surface area contributed by atoms with E-state index in [0.29, 0.717) is 13.2 Å². The molecule has 0 bridgehead atoms. The number of carbonyl (C=O) groups excluding carboxylic acids is 1. The molecule has 2 N–H and O–H groups in total. The lowest BCUT2D eigenvalue weighted by molar-refractivity contribution is 0.0801. The molecule has 0 radical (unpaired) electrons. The summed E-state index contributed by atoms with van der Waals surface area (Å²) < 4.78 is 16.8. The quantitative estimate of drug-likeness (QED) is 0.678. The molecule has 0 aromatic carbocycles. The van der Waals surface area contributed by atoms with Gasteiger partial charge in [0.1, 0.15) is 6.67 Å². The van der Waals surface area contributed by atoms with Crippen LogP contribution in [-0.4, -0.2) is 38.5 Å². The smallest absolute Gasteiger partial charge is 0.315 e. The second kappa shape index (κ2) is 5.75. The number of alkyl halides is 1. The molecule has 1 aliphatic heterocycles. The van der Waals surface area contributed by atoms with Crippen LogP contribution in [0.2, 0.25) is 0 Å². The van der Waals surface area contributed by atoms with Gasteiger partial charge in [0, 0.05) is 25.8 Å². The Bertz CT molecular complexity index is 160. The van der Waals surface area contributed by atoms with Gasteiger partial charge in [-0.15, -0.1) is 0 Å². The number of halogens is 1. The minimum atomic E-state index is -0.527. The van der Waals surface area contributed by atoms with Crippen molar-refractivity contribution in [2.45, 2.75) is 18.9 Å². The second-order valence-corrected chi connectivity index (χ2v) is 2.98. The maximum atomic E-state index is 11.7. The Morgan fingerprint density at radius 3 is 2.77 bits per heavy atom. The van der Waals surface area contributed by atoms with Gasteiger partial charge in [-0.05, 0) is 12.8 Å². The first-order valence-electron chi connectivity index (χ1n) is 4.51. The molecule has 0 atom stereocenters. The van der Waals surface area contributed by atoms with Crippen molar-refractivity contribution in [1.82, 2.24) is 10.6 Å². The van der Waals surface area contributed by atoms with Crippen molar-refractivity contribution in [2.75, 3.05) is 26.4 Å². The molecule has 0 aromatic rings. The Labute approximate surface area is 76.8 Å². The Kier molecular flexibility index (Phi) is 4.53. The highest BCUT2D eigenvalue weighted by atomic mass is 19.1. The summed E-state index contributed by atoms with van der Waals surface area (Å²) in [6.45, 7) is 0.929. The van der Waals surface area contributed by atoms with Crippen LogP contribution in [-0.2, 0) is 4.74 Å². The van der Waals surface area contributed by atoms with Gasteiger partial charge in [0.15, 0.2) is 0 Å². The highest BCUT2D eigenvalue weighted by Crippen LogP contribution is 2.05. The van der Waals surface area contributed by atoms with E-state index in [-0.39, 0.29) is 18.6 Å². The van der Waals surface area contributed by atoms with Gasteiger partial charge in [-0.3, -0.25) is 0 Å². The number of hydrogen-bond acceptors (Lipinski definition) is 2. The lowest BCUT2D eigenvalue weighted by Gasteiger charge is -2.23. The molecule has 1 aliphatic rings. The number of ether oxygens (including phenoxy) is 1. The Balaban J connectivity index is 2.11. The van der Waals surface area contributed by atoms with Gasteiger partial charge < -0.3 is 15.4 Å². The summed E-state index contributed by atoms with van der Waals surface area (Å²) in [5, 5.41) is 5.17. The van der Waals surface area contributed by atoms with Crippen molar-refractivity contribution in [1.29, 1.82) is 0 Å². The number of hydrogen-bond donors (Lipinski definition) is 2. The molecule has 2 amide bonds. The molecule has 0 spiro atoms. The second-order valence-electron chi connectivity index (χ2n) is 2.98. The van der Waals surface area contributed by atoms with E-state index in [0.717, 1.165) is 12.8 Å². The van der Waals surface area contributed by atoms with Gasteiger partial charge in [0.2, 0.25) is 0 Å². The normalized spacial score (nSPS) is 18.2. The summed E-state index contributed by atoms with van der Waals surface area (Å²) in [4.78, 5) is 11.0. The molecule has 0 aliphatic carbocycles. The van der Waals surface area contributed by atoms with Crippen LogP contribution < -0.4 is 10.6 Å². The molecule has 1 saturated heterocycles. The van der Waals surface area contributed by atoms with E-state index in [1.165, 1.54) is 0 Å². The van der Waals surface area contributed by atoms with Gasteiger partial charge in [-0.25, -0.2) is 9.18 Å². The van der Waals surface area contributed by atoms with Gasteiger partial charge in [-0.1, -0.05) is 0 Å². The summed E-state index contributed by atoms with van der Waals surface area (Å²) >= 11 is 0. The van der Waals surface area contributed by atoms with E-state index in [4.69, 9.17) is 4.74 Å². The van der Waals surface area contributed by atoms with Gasteiger partial charge >= 0.3 is 6.03 Å². The number of nitrogens with one attached hydrogen (secondary N) is 2.